The zero-order chi connectivity index (χ0) is 10.6. The fraction of sp³-hybridized carbons (Fsp3) is 0.545. The second kappa shape index (κ2) is 4.96. The Labute approximate surface area is 85.3 Å². The van der Waals surface area contributed by atoms with Gasteiger partial charge in [-0.05, 0) is 32.9 Å². The highest BCUT2D eigenvalue weighted by atomic mass is 16.5. The van der Waals surface area contributed by atoms with Gasteiger partial charge < -0.3 is 10.5 Å². The third kappa shape index (κ3) is 3.75. The van der Waals surface area contributed by atoms with Crippen molar-refractivity contribution in [3.63, 3.8) is 0 Å². The molecule has 0 aliphatic rings. The van der Waals surface area contributed by atoms with Crippen LogP contribution in [-0.2, 0) is 6.42 Å². The van der Waals surface area contributed by atoms with Gasteiger partial charge in [0.2, 0.25) is 0 Å². The summed E-state index contributed by atoms with van der Waals surface area (Å²) in [6.07, 6.45) is 2.75. The van der Waals surface area contributed by atoms with Crippen molar-refractivity contribution in [2.45, 2.75) is 39.3 Å². The minimum Gasteiger partial charge on any atom is -0.489 e. The smallest absolute Gasteiger partial charge is 0.137 e. The molecule has 0 saturated heterocycles. The quantitative estimate of drug-likeness (QED) is 0.794. The summed E-state index contributed by atoms with van der Waals surface area (Å²) >= 11 is 0. The first-order valence-electron chi connectivity index (χ1n) is 4.95. The molecule has 14 heavy (non-hydrogen) atoms. The third-order valence-corrected chi connectivity index (χ3v) is 1.70. The van der Waals surface area contributed by atoms with Gasteiger partial charge >= 0.3 is 0 Å². The largest absolute Gasteiger partial charge is 0.489 e. The second-order valence-electron chi connectivity index (χ2n) is 3.83. The summed E-state index contributed by atoms with van der Waals surface area (Å²) in [5, 5.41) is 0. The Balaban J connectivity index is 2.59. The van der Waals surface area contributed by atoms with Crippen LogP contribution in [0.5, 0.6) is 5.75 Å². The van der Waals surface area contributed by atoms with Crippen molar-refractivity contribution >= 4 is 0 Å². The lowest BCUT2D eigenvalue weighted by Crippen LogP contribution is -2.18. The van der Waals surface area contributed by atoms with E-state index >= 15 is 0 Å². The summed E-state index contributed by atoms with van der Waals surface area (Å²) < 4.78 is 5.48. The molecule has 2 N–H and O–H groups in total. The molecule has 1 heterocycles. The van der Waals surface area contributed by atoms with Gasteiger partial charge in [0.1, 0.15) is 5.75 Å². The van der Waals surface area contributed by atoms with Crippen LogP contribution in [0.25, 0.3) is 0 Å². The summed E-state index contributed by atoms with van der Waals surface area (Å²) in [6.45, 7) is 5.96. The summed E-state index contributed by atoms with van der Waals surface area (Å²) in [6, 6.07) is 4.05. The standard InChI is InChI=1S/C11H18N2O/c1-8(2)14-11-5-4-10(13-7-11)6-9(3)12/h4-5,7-9H,6,12H2,1-3H3. The minimum absolute atomic E-state index is 0.152. The zero-order valence-corrected chi connectivity index (χ0v) is 9.03. The van der Waals surface area contributed by atoms with E-state index in [1.165, 1.54) is 0 Å². The van der Waals surface area contributed by atoms with Crippen LogP contribution in [0.2, 0.25) is 0 Å². The Morgan fingerprint density at radius 3 is 2.50 bits per heavy atom. The van der Waals surface area contributed by atoms with Crippen LogP contribution in [-0.4, -0.2) is 17.1 Å². The van der Waals surface area contributed by atoms with Crippen LogP contribution in [0.15, 0.2) is 18.3 Å². The maximum Gasteiger partial charge on any atom is 0.137 e. The number of hydrogen-bond acceptors (Lipinski definition) is 3. The summed E-state index contributed by atoms with van der Waals surface area (Å²) in [5.74, 6) is 0.813. The zero-order valence-electron chi connectivity index (χ0n) is 9.03. The highest BCUT2D eigenvalue weighted by molar-refractivity contribution is 5.20. The minimum atomic E-state index is 0.152. The molecular formula is C11H18N2O. The molecule has 1 rings (SSSR count). The number of aromatic nitrogens is 1. The van der Waals surface area contributed by atoms with E-state index in [0.29, 0.717) is 0 Å². The number of nitrogens with zero attached hydrogens (tertiary/aromatic N) is 1. The molecule has 0 aliphatic carbocycles. The van der Waals surface area contributed by atoms with Gasteiger partial charge in [0, 0.05) is 18.2 Å². The van der Waals surface area contributed by atoms with E-state index in [1.54, 1.807) is 6.20 Å². The van der Waals surface area contributed by atoms with Gasteiger partial charge in [0.15, 0.2) is 0 Å². The lowest BCUT2D eigenvalue weighted by molar-refractivity contribution is 0.241. The van der Waals surface area contributed by atoms with Crippen LogP contribution in [0.3, 0.4) is 0 Å². The SMILES string of the molecule is CC(N)Cc1ccc(OC(C)C)cn1. The van der Waals surface area contributed by atoms with E-state index in [2.05, 4.69) is 4.98 Å². The van der Waals surface area contributed by atoms with Gasteiger partial charge in [-0.15, -0.1) is 0 Å². The molecule has 1 aromatic rings. The van der Waals surface area contributed by atoms with Crippen LogP contribution < -0.4 is 10.5 Å². The predicted octanol–water partition coefficient (Wildman–Crippen LogP) is 1.76. The van der Waals surface area contributed by atoms with E-state index in [4.69, 9.17) is 10.5 Å². The molecule has 0 bridgehead atoms. The molecule has 0 amide bonds. The molecule has 0 radical (unpaired) electrons. The highest BCUT2D eigenvalue weighted by Gasteiger charge is 2.01. The number of ether oxygens (including phenoxy) is 1. The first kappa shape index (κ1) is 11.0. The fourth-order valence-electron chi connectivity index (χ4n) is 1.20. The summed E-state index contributed by atoms with van der Waals surface area (Å²) in [5.41, 5.74) is 6.68. The molecule has 0 aliphatic heterocycles. The highest BCUT2D eigenvalue weighted by Crippen LogP contribution is 2.11. The third-order valence-electron chi connectivity index (χ3n) is 1.70. The molecule has 1 unspecified atom stereocenters. The Hall–Kier alpha value is -1.09. The van der Waals surface area contributed by atoms with Crippen LogP contribution in [0.1, 0.15) is 26.5 Å². The van der Waals surface area contributed by atoms with Crippen molar-refractivity contribution in [1.29, 1.82) is 0 Å². The van der Waals surface area contributed by atoms with Crippen molar-refractivity contribution in [2.24, 2.45) is 5.73 Å². The average molecular weight is 194 g/mol. The molecule has 3 heteroatoms. The average Bonchev–Trinajstić information content (AvgIpc) is 2.06. The Morgan fingerprint density at radius 1 is 1.36 bits per heavy atom. The molecule has 0 spiro atoms. The lowest BCUT2D eigenvalue weighted by atomic mass is 10.2. The van der Waals surface area contributed by atoms with Gasteiger partial charge in [-0.3, -0.25) is 4.98 Å². The van der Waals surface area contributed by atoms with Gasteiger partial charge in [-0.2, -0.15) is 0 Å². The normalized spacial score (nSPS) is 12.9. The number of rotatable bonds is 4. The van der Waals surface area contributed by atoms with Gasteiger partial charge in [0.25, 0.3) is 0 Å². The van der Waals surface area contributed by atoms with Gasteiger partial charge in [-0.1, -0.05) is 0 Å². The van der Waals surface area contributed by atoms with Crippen molar-refractivity contribution in [2.75, 3.05) is 0 Å². The molecule has 0 saturated carbocycles. The van der Waals surface area contributed by atoms with E-state index in [1.807, 2.05) is 32.9 Å². The van der Waals surface area contributed by atoms with Crippen molar-refractivity contribution in [3.8, 4) is 5.75 Å². The molecule has 3 nitrogen and oxygen atoms in total. The van der Waals surface area contributed by atoms with Crippen LogP contribution in [0.4, 0.5) is 0 Å². The Bertz CT molecular complexity index is 238. The number of hydrogen-bond donors (Lipinski definition) is 1. The Morgan fingerprint density at radius 2 is 2.07 bits per heavy atom. The fourth-order valence-corrected chi connectivity index (χ4v) is 1.20. The Kier molecular flexibility index (Phi) is 3.89. The molecule has 1 aromatic heterocycles. The predicted molar refractivity (Wildman–Crippen MR) is 57.4 cm³/mol. The molecule has 78 valence electrons. The molecular weight excluding hydrogens is 176 g/mol. The number of nitrogens with two attached hydrogens (primary N) is 1. The maximum atomic E-state index is 5.67. The van der Waals surface area contributed by atoms with E-state index in [9.17, 15) is 0 Å². The molecule has 0 fully saturated rings. The van der Waals surface area contributed by atoms with Crippen molar-refractivity contribution < 1.29 is 4.74 Å². The van der Waals surface area contributed by atoms with Gasteiger partial charge in [-0.25, -0.2) is 0 Å². The van der Waals surface area contributed by atoms with Crippen LogP contribution in [0, 0.1) is 0 Å². The topological polar surface area (TPSA) is 48.1 Å². The monoisotopic (exact) mass is 194 g/mol. The number of pyridine rings is 1. The molecule has 1 atom stereocenters. The van der Waals surface area contributed by atoms with Crippen molar-refractivity contribution in [1.82, 2.24) is 4.98 Å². The van der Waals surface area contributed by atoms with E-state index < -0.39 is 0 Å². The molecule has 0 aromatic carbocycles. The van der Waals surface area contributed by atoms with Gasteiger partial charge in [0.05, 0.1) is 12.3 Å². The van der Waals surface area contributed by atoms with Crippen LogP contribution >= 0.6 is 0 Å². The first-order valence-corrected chi connectivity index (χ1v) is 4.95. The maximum absolute atomic E-state index is 5.67. The van der Waals surface area contributed by atoms with E-state index in [0.717, 1.165) is 17.9 Å². The lowest BCUT2D eigenvalue weighted by Gasteiger charge is -2.10. The first-order chi connectivity index (χ1) is 6.58. The summed E-state index contributed by atoms with van der Waals surface area (Å²) in [4.78, 5) is 4.27. The second-order valence-corrected chi connectivity index (χ2v) is 3.83. The van der Waals surface area contributed by atoms with E-state index in [-0.39, 0.29) is 12.1 Å². The summed E-state index contributed by atoms with van der Waals surface area (Å²) in [7, 11) is 0. The van der Waals surface area contributed by atoms with Crippen molar-refractivity contribution in [3.05, 3.63) is 24.0 Å².